The molecule has 2 heteroatoms. The molecule has 2 heterocycles. The molecule has 1 nitrogen and oxygen atoms in total. The highest BCUT2D eigenvalue weighted by molar-refractivity contribution is 7.26. The number of benzene rings is 5. The highest BCUT2D eigenvalue weighted by Gasteiger charge is 2.14. The Morgan fingerprint density at radius 3 is 2.30 bits per heavy atom. The molecular weight excluding hydrogens is 382 g/mol. The van der Waals surface area contributed by atoms with E-state index < -0.39 is 0 Å². The molecule has 5 aromatic carbocycles. The Morgan fingerprint density at radius 1 is 0.533 bits per heavy atom. The number of hydrogen-bond acceptors (Lipinski definition) is 1. The van der Waals surface area contributed by atoms with E-state index in [-0.39, 0.29) is 0 Å². The van der Waals surface area contributed by atoms with Gasteiger partial charge < -0.3 is 4.98 Å². The summed E-state index contributed by atoms with van der Waals surface area (Å²) >= 11 is 1.88. The van der Waals surface area contributed by atoms with Gasteiger partial charge >= 0.3 is 0 Å². The lowest BCUT2D eigenvalue weighted by molar-refractivity contribution is 1.55. The van der Waals surface area contributed by atoms with Crippen LogP contribution in [0.2, 0.25) is 0 Å². The largest absolute Gasteiger partial charge is 0.354 e. The number of H-pyrrole nitrogens is 1. The predicted molar refractivity (Wildman–Crippen MR) is 132 cm³/mol. The second kappa shape index (κ2) is 5.94. The summed E-state index contributed by atoms with van der Waals surface area (Å²) in [4.78, 5) is 3.60. The normalized spacial score (nSPS) is 12.0. The van der Waals surface area contributed by atoms with Crippen LogP contribution in [0.1, 0.15) is 0 Å². The maximum atomic E-state index is 3.60. The average Bonchev–Trinajstić information content (AvgIpc) is 3.36. The Bertz CT molecular complexity index is 1740. The summed E-state index contributed by atoms with van der Waals surface area (Å²) in [5, 5.41) is 7.93. The Kier molecular flexibility index (Phi) is 3.21. The van der Waals surface area contributed by atoms with Crippen LogP contribution in [-0.2, 0) is 0 Å². The number of aromatic amines is 1. The van der Waals surface area contributed by atoms with Crippen molar-refractivity contribution in [3.05, 3.63) is 97.1 Å². The van der Waals surface area contributed by atoms with Gasteiger partial charge in [-0.25, -0.2) is 0 Å². The van der Waals surface area contributed by atoms with Crippen molar-refractivity contribution < 1.29 is 0 Å². The first-order valence-corrected chi connectivity index (χ1v) is 11.0. The van der Waals surface area contributed by atoms with E-state index in [1.165, 1.54) is 63.9 Å². The van der Waals surface area contributed by atoms with Crippen molar-refractivity contribution in [2.45, 2.75) is 0 Å². The fourth-order valence-electron chi connectivity index (χ4n) is 4.85. The van der Waals surface area contributed by atoms with Crippen molar-refractivity contribution in [1.82, 2.24) is 4.98 Å². The molecule has 0 bridgehead atoms. The Balaban J connectivity index is 1.62. The van der Waals surface area contributed by atoms with Gasteiger partial charge in [-0.3, -0.25) is 0 Å². The van der Waals surface area contributed by atoms with Crippen molar-refractivity contribution in [2.75, 3.05) is 0 Å². The Hall–Kier alpha value is -3.62. The minimum absolute atomic E-state index is 1.20. The molecule has 140 valence electrons. The Morgan fingerprint density at radius 2 is 1.33 bits per heavy atom. The van der Waals surface area contributed by atoms with Crippen LogP contribution in [0, 0.1) is 0 Å². The minimum Gasteiger partial charge on any atom is -0.354 e. The van der Waals surface area contributed by atoms with Crippen molar-refractivity contribution >= 4 is 64.1 Å². The first kappa shape index (κ1) is 16.2. The van der Waals surface area contributed by atoms with Gasteiger partial charge in [0.05, 0.1) is 0 Å². The number of para-hydroxylation sites is 1. The van der Waals surface area contributed by atoms with Crippen LogP contribution in [0.4, 0.5) is 0 Å². The molecule has 0 radical (unpaired) electrons. The number of thiophene rings is 1. The van der Waals surface area contributed by atoms with Crippen LogP contribution in [0.3, 0.4) is 0 Å². The summed E-state index contributed by atoms with van der Waals surface area (Å²) in [5.41, 5.74) is 4.97. The molecular formula is C28H17NS. The van der Waals surface area contributed by atoms with E-state index in [9.17, 15) is 0 Å². The van der Waals surface area contributed by atoms with E-state index in [4.69, 9.17) is 0 Å². The molecule has 0 aliphatic carbocycles. The molecule has 0 saturated heterocycles. The number of nitrogens with one attached hydrogen (secondary N) is 1. The molecule has 0 unspecified atom stereocenters. The van der Waals surface area contributed by atoms with Crippen molar-refractivity contribution in [2.24, 2.45) is 0 Å². The highest BCUT2D eigenvalue weighted by Crippen LogP contribution is 2.43. The fraction of sp³-hybridized carbons (Fsp3) is 0. The zero-order chi connectivity index (χ0) is 19.7. The SMILES string of the molecule is c1ccc2c(-c3ccc4sc5ccc6[nH]c7ccccc7c6c5c4c3)cccc2c1. The van der Waals surface area contributed by atoms with Gasteiger partial charge in [-0.05, 0) is 52.2 Å². The zero-order valence-electron chi connectivity index (χ0n) is 16.1. The Labute approximate surface area is 177 Å². The number of aromatic nitrogens is 1. The van der Waals surface area contributed by atoms with Crippen molar-refractivity contribution in [3.8, 4) is 11.1 Å². The monoisotopic (exact) mass is 399 g/mol. The molecule has 7 aromatic rings. The lowest BCUT2D eigenvalue weighted by Crippen LogP contribution is -1.81. The summed E-state index contributed by atoms with van der Waals surface area (Å²) in [7, 11) is 0. The minimum atomic E-state index is 1.20. The van der Waals surface area contributed by atoms with Crippen LogP contribution in [-0.4, -0.2) is 4.98 Å². The molecule has 0 fully saturated rings. The molecule has 0 spiro atoms. The summed E-state index contributed by atoms with van der Waals surface area (Å²) in [5.74, 6) is 0. The highest BCUT2D eigenvalue weighted by atomic mass is 32.1. The number of hydrogen-bond donors (Lipinski definition) is 1. The quantitative estimate of drug-likeness (QED) is 0.285. The topological polar surface area (TPSA) is 15.8 Å². The van der Waals surface area contributed by atoms with E-state index >= 15 is 0 Å². The van der Waals surface area contributed by atoms with E-state index in [1.54, 1.807) is 0 Å². The summed E-state index contributed by atoms with van der Waals surface area (Å²) in [6, 6.07) is 35.3. The molecule has 1 N–H and O–H groups in total. The second-order valence-corrected chi connectivity index (χ2v) is 8.96. The van der Waals surface area contributed by atoms with Gasteiger partial charge in [0.25, 0.3) is 0 Å². The summed E-state index contributed by atoms with van der Waals surface area (Å²) in [6.45, 7) is 0. The van der Waals surface area contributed by atoms with Crippen LogP contribution >= 0.6 is 11.3 Å². The molecule has 0 saturated carbocycles. The van der Waals surface area contributed by atoms with Gasteiger partial charge in [0.2, 0.25) is 0 Å². The predicted octanol–water partition coefficient (Wildman–Crippen LogP) is 8.51. The standard InChI is InChI=1S/C28H17NS/c1-2-8-19-17(6-1)7-5-10-20(19)18-12-14-25-22(16-18)28-26(30-25)15-13-24-27(28)21-9-3-4-11-23(21)29-24/h1-16,29H. The van der Waals surface area contributed by atoms with Gasteiger partial charge in [0, 0.05) is 42.0 Å². The lowest BCUT2D eigenvalue weighted by Gasteiger charge is -2.07. The van der Waals surface area contributed by atoms with Crippen LogP contribution < -0.4 is 0 Å². The smallest absolute Gasteiger partial charge is 0.0472 e. The maximum absolute atomic E-state index is 3.60. The van der Waals surface area contributed by atoms with E-state index in [2.05, 4.69) is 102 Å². The van der Waals surface area contributed by atoms with Crippen LogP contribution in [0.5, 0.6) is 0 Å². The van der Waals surface area contributed by atoms with Gasteiger partial charge in [0.1, 0.15) is 0 Å². The van der Waals surface area contributed by atoms with E-state index in [1.807, 2.05) is 11.3 Å². The van der Waals surface area contributed by atoms with Gasteiger partial charge in [-0.2, -0.15) is 0 Å². The molecule has 30 heavy (non-hydrogen) atoms. The van der Waals surface area contributed by atoms with Gasteiger partial charge in [-0.15, -0.1) is 11.3 Å². The number of fused-ring (bicyclic) bond motifs is 8. The molecule has 0 amide bonds. The first-order valence-electron chi connectivity index (χ1n) is 10.2. The van der Waals surface area contributed by atoms with Gasteiger partial charge in [-0.1, -0.05) is 66.7 Å². The van der Waals surface area contributed by atoms with E-state index in [0.29, 0.717) is 0 Å². The molecule has 0 aliphatic rings. The zero-order valence-corrected chi connectivity index (χ0v) is 17.0. The third kappa shape index (κ3) is 2.17. The molecule has 7 rings (SSSR count). The first-order chi connectivity index (χ1) is 14.9. The third-order valence-electron chi connectivity index (χ3n) is 6.20. The average molecular weight is 400 g/mol. The molecule has 0 atom stereocenters. The van der Waals surface area contributed by atoms with Gasteiger partial charge in [0.15, 0.2) is 0 Å². The van der Waals surface area contributed by atoms with Crippen LogP contribution in [0.25, 0.3) is 63.9 Å². The van der Waals surface area contributed by atoms with Crippen molar-refractivity contribution in [1.29, 1.82) is 0 Å². The lowest BCUT2D eigenvalue weighted by atomic mass is 9.96. The second-order valence-electron chi connectivity index (χ2n) is 7.87. The molecule has 2 aromatic heterocycles. The summed E-state index contributed by atoms with van der Waals surface area (Å²) < 4.78 is 2.68. The third-order valence-corrected chi connectivity index (χ3v) is 7.34. The van der Waals surface area contributed by atoms with E-state index in [0.717, 1.165) is 0 Å². The number of rotatable bonds is 1. The fourth-order valence-corrected chi connectivity index (χ4v) is 5.95. The maximum Gasteiger partial charge on any atom is 0.0472 e. The molecule has 0 aliphatic heterocycles. The summed E-state index contributed by atoms with van der Waals surface area (Å²) in [6.07, 6.45) is 0. The van der Waals surface area contributed by atoms with Crippen molar-refractivity contribution in [3.63, 3.8) is 0 Å². The van der Waals surface area contributed by atoms with Crippen LogP contribution in [0.15, 0.2) is 97.1 Å².